The molecule has 6 heteroatoms. The summed E-state index contributed by atoms with van der Waals surface area (Å²) < 4.78 is 5.67. The molecule has 1 N–H and O–H groups in total. The highest BCUT2D eigenvalue weighted by molar-refractivity contribution is 6.30. The van der Waals surface area contributed by atoms with Crippen molar-refractivity contribution in [2.24, 2.45) is 11.8 Å². The lowest BCUT2D eigenvalue weighted by molar-refractivity contribution is -0.142. The second kappa shape index (κ2) is 5.22. The molecule has 1 saturated heterocycles. The van der Waals surface area contributed by atoms with Crippen molar-refractivity contribution < 1.29 is 19.4 Å². The zero-order valence-corrected chi connectivity index (χ0v) is 12.3. The summed E-state index contributed by atoms with van der Waals surface area (Å²) >= 11 is 5.93. The molecular formula is C15H16ClNO4. The van der Waals surface area contributed by atoms with Gasteiger partial charge in [0.2, 0.25) is 0 Å². The average Bonchev–Trinajstić information content (AvgIpc) is 3.00. The number of hydrogen-bond acceptors (Lipinski definition) is 3. The first-order valence-electron chi connectivity index (χ1n) is 6.92. The zero-order valence-electron chi connectivity index (χ0n) is 11.6. The minimum absolute atomic E-state index is 0.0373. The number of benzene rings is 1. The van der Waals surface area contributed by atoms with Crippen LogP contribution in [0.2, 0.25) is 5.02 Å². The fourth-order valence-electron chi connectivity index (χ4n) is 3.03. The Kier molecular flexibility index (Phi) is 3.53. The van der Waals surface area contributed by atoms with E-state index in [1.165, 1.54) is 0 Å². The van der Waals surface area contributed by atoms with Gasteiger partial charge in [-0.2, -0.15) is 0 Å². The third kappa shape index (κ3) is 2.58. The lowest BCUT2D eigenvalue weighted by Gasteiger charge is -2.20. The molecule has 1 amide bonds. The number of carboxylic acid groups (broad SMARTS) is 1. The minimum Gasteiger partial charge on any atom is -0.481 e. The SMILES string of the molecule is C[C@@H]1CN(C(=O)C2Cc3cc(Cl)ccc3O2)C[C@H]1C(=O)O. The number of ether oxygens (including phenoxy) is 1. The van der Waals surface area contributed by atoms with Crippen LogP contribution in [-0.2, 0) is 16.0 Å². The van der Waals surface area contributed by atoms with E-state index in [0.29, 0.717) is 23.7 Å². The summed E-state index contributed by atoms with van der Waals surface area (Å²) in [5.74, 6) is -0.838. The van der Waals surface area contributed by atoms with Crippen molar-refractivity contribution in [1.29, 1.82) is 0 Å². The number of likely N-dealkylation sites (tertiary alicyclic amines) is 1. The summed E-state index contributed by atoms with van der Waals surface area (Å²) in [5, 5.41) is 9.75. The Labute approximate surface area is 127 Å². The van der Waals surface area contributed by atoms with Crippen molar-refractivity contribution in [3.8, 4) is 5.75 Å². The van der Waals surface area contributed by atoms with E-state index in [1.807, 2.05) is 6.92 Å². The third-order valence-electron chi connectivity index (χ3n) is 4.21. The van der Waals surface area contributed by atoms with Gasteiger partial charge in [0.1, 0.15) is 5.75 Å². The fourth-order valence-corrected chi connectivity index (χ4v) is 3.22. The van der Waals surface area contributed by atoms with E-state index in [1.54, 1.807) is 23.1 Å². The molecule has 2 heterocycles. The monoisotopic (exact) mass is 309 g/mol. The molecule has 0 radical (unpaired) electrons. The molecule has 5 nitrogen and oxygen atoms in total. The molecule has 0 bridgehead atoms. The first-order valence-corrected chi connectivity index (χ1v) is 7.30. The maximum absolute atomic E-state index is 12.5. The smallest absolute Gasteiger partial charge is 0.308 e. The Bertz CT molecular complexity index is 603. The minimum atomic E-state index is -0.847. The van der Waals surface area contributed by atoms with Gasteiger partial charge in [0.05, 0.1) is 5.92 Å². The van der Waals surface area contributed by atoms with E-state index in [4.69, 9.17) is 21.4 Å². The molecule has 21 heavy (non-hydrogen) atoms. The van der Waals surface area contributed by atoms with E-state index in [0.717, 1.165) is 5.56 Å². The highest BCUT2D eigenvalue weighted by Crippen LogP contribution is 2.33. The second-order valence-corrected chi connectivity index (χ2v) is 6.16. The molecule has 3 atom stereocenters. The van der Waals surface area contributed by atoms with Crippen molar-refractivity contribution in [1.82, 2.24) is 4.90 Å². The van der Waals surface area contributed by atoms with Crippen molar-refractivity contribution >= 4 is 23.5 Å². The summed E-state index contributed by atoms with van der Waals surface area (Å²) in [5.41, 5.74) is 0.919. The fraction of sp³-hybridized carbons (Fsp3) is 0.467. The summed E-state index contributed by atoms with van der Waals surface area (Å²) in [7, 11) is 0. The normalized spacial score (nSPS) is 27.3. The van der Waals surface area contributed by atoms with Gasteiger partial charge < -0.3 is 14.7 Å². The van der Waals surface area contributed by atoms with Gasteiger partial charge in [-0.25, -0.2) is 0 Å². The number of carbonyl (C=O) groups is 2. The van der Waals surface area contributed by atoms with E-state index >= 15 is 0 Å². The summed E-state index contributed by atoms with van der Waals surface area (Å²) in [6, 6.07) is 5.29. The molecular weight excluding hydrogens is 294 g/mol. The molecule has 0 spiro atoms. The molecule has 1 aromatic carbocycles. The molecule has 1 unspecified atom stereocenters. The zero-order chi connectivity index (χ0) is 15.1. The van der Waals surface area contributed by atoms with Gasteiger partial charge in [-0.05, 0) is 29.7 Å². The number of aliphatic carboxylic acids is 1. The predicted molar refractivity (Wildman–Crippen MR) is 76.4 cm³/mol. The van der Waals surface area contributed by atoms with Crippen molar-refractivity contribution in [3.63, 3.8) is 0 Å². The van der Waals surface area contributed by atoms with Crippen molar-refractivity contribution in [2.45, 2.75) is 19.4 Å². The summed E-state index contributed by atoms with van der Waals surface area (Å²) in [6.07, 6.45) is -0.0876. The van der Waals surface area contributed by atoms with Crippen LogP contribution in [0, 0.1) is 11.8 Å². The van der Waals surface area contributed by atoms with E-state index in [2.05, 4.69) is 0 Å². The Balaban J connectivity index is 1.70. The molecule has 3 rings (SSSR count). The number of halogens is 1. The van der Waals surface area contributed by atoms with Gasteiger partial charge >= 0.3 is 5.97 Å². The number of nitrogens with zero attached hydrogens (tertiary/aromatic N) is 1. The Morgan fingerprint density at radius 3 is 2.81 bits per heavy atom. The number of hydrogen-bond donors (Lipinski definition) is 1. The molecule has 0 aliphatic carbocycles. The van der Waals surface area contributed by atoms with Gasteiger partial charge in [0.15, 0.2) is 6.10 Å². The maximum atomic E-state index is 12.5. The molecule has 1 aromatic rings. The van der Waals surface area contributed by atoms with E-state index < -0.39 is 18.0 Å². The molecule has 1 fully saturated rings. The first kappa shape index (κ1) is 14.2. The van der Waals surface area contributed by atoms with Crippen LogP contribution in [0.3, 0.4) is 0 Å². The lowest BCUT2D eigenvalue weighted by Crippen LogP contribution is -2.40. The van der Waals surface area contributed by atoms with Gasteiger partial charge in [-0.1, -0.05) is 18.5 Å². The van der Waals surface area contributed by atoms with Gasteiger partial charge in [-0.15, -0.1) is 0 Å². The number of carboxylic acids is 1. The maximum Gasteiger partial charge on any atom is 0.308 e. The number of rotatable bonds is 2. The van der Waals surface area contributed by atoms with E-state index in [-0.39, 0.29) is 18.4 Å². The van der Waals surface area contributed by atoms with Crippen LogP contribution in [-0.4, -0.2) is 41.1 Å². The largest absolute Gasteiger partial charge is 0.481 e. The van der Waals surface area contributed by atoms with Crippen LogP contribution in [0.25, 0.3) is 0 Å². The number of amides is 1. The summed E-state index contributed by atoms with van der Waals surface area (Å²) in [4.78, 5) is 25.2. The standard InChI is InChI=1S/C15H16ClNO4/c1-8-6-17(7-11(8)15(19)20)14(18)13-5-9-4-10(16)2-3-12(9)21-13/h2-4,8,11,13H,5-7H2,1H3,(H,19,20)/t8-,11-,13?/m1/s1. The highest BCUT2D eigenvalue weighted by Gasteiger charge is 2.41. The quantitative estimate of drug-likeness (QED) is 0.905. The number of carbonyl (C=O) groups excluding carboxylic acids is 1. The Morgan fingerprint density at radius 1 is 1.38 bits per heavy atom. The average molecular weight is 310 g/mol. The van der Waals surface area contributed by atoms with Crippen LogP contribution >= 0.6 is 11.6 Å². The molecule has 2 aliphatic heterocycles. The molecule has 0 saturated carbocycles. The van der Waals surface area contributed by atoms with E-state index in [9.17, 15) is 9.59 Å². The van der Waals surface area contributed by atoms with Crippen LogP contribution in [0.1, 0.15) is 12.5 Å². The Morgan fingerprint density at radius 2 is 2.14 bits per heavy atom. The molecule has 2 aliphatic rings. The van der Waals surface area contributed by atoms with Crippen molar-refractivity contribution in [2.75, 3.05) is 13.1 Å². The van der Waals surface area contributed by atoms with Crippen LogP contribution in [0.15, 0.2) is 18.2 Å². The lowest BCUT2D eigenvalue weighted by atomic mass is 9.99. The van der Waals surface area contributed by atoms with Gasteiger partial charge in [-0.3, -0.25) is 9.59 Å². The van der Waals surface area contributed by atoms with Crippen LogP contribution in [0.5, 0.6) is 5.75 Å². The highest BCUT2D eigenvalue weighted by atomic mass is 35.5. The summed E-state index contributed by atoms with van der Waals surface area (Å²) in [6.45, 7) is 2.58. The first-order chi connectivity index (χ1) is 9.95. The van der Waals surface area contributed by atoms with Crippen LogP contribution in [0.4, 0.5) is 0 Å². The Hall–Kier alpha value is -1.75. The second-order valence-electron chi connectivity index (χ2n) is 5.73. The predicted octanol–water partition coefficient (Wildman–Crippen LogP) is 1.82. The van der Waals surface area contributed by atoms with Gasteiger partial charge in [0.25, 0.3) is 5.91 Å². The molecule has 0 aromatic heterocycles. The number of fused-ring (bicyclic) bond motifs is 1. The van der Waals surface area contributed by atoms with Crippen LogP contribution < -0.4 is 4.74 Å². The third-order valence-corrected chi connectivity index (χ3v) is 4.45. The molecule has 112 valence electrons. The van der Waals surface area contributed by atoms with Gasteiger partial charge in [0, 0.05) is 24.5 Å². The van der Waals surface area contributed by atoms with Crippen molar-refractivity contribution in [3.05, 3.63) is 28.8 Å². The topological polar surface area (TPSA) is 66.8 Å².